The van der Waals surface area contributed by atoms with Crippen LogP contribution in [0, 0.1) is 6.92 Å². The molecule has 4 heteroatoms. The van der Waals surface area contributed by atoms with Crippen LogP contribution in [0.3, 0.4) is 0 Å². The summed E-state index contributed by atoms with van der Waals surface area (Å²) in [5.74, 6) is 1.09. The van der Waals surface area contributed by atoms with Gasteiger partial charge in [0.2, 0.25) is 0 Å². The molecule has 0 aliphatic heterocycles. The van der Waals surface area contributed by atoms with Crippen LogP contribution in [0.5, 0.6) is 5.75 Å². The summed E-state index contributed by atoms with van der Waals surface area (Å²) in [4.78, 5) is 0. The van der Waals surface area contributed by atoms with Gasteiger partial charge in [-0.3, -0.25) is 0 Å². The first-order valence-electron chi connectivity index (χ1n) is 6.06. The summed E-state index contributed by atoms with van der Waals surface area (Å²) >= 11 is 1.10. The molecule has 0 N–H and O–H groups in total. The van der Waals surface area contributed by atoms with Crippen LogP contribution < -0.4 is 2.81 Å². The number of aryl methyl sites for hydroxylation is 1. The molecule has 109 valence electrons. The molecule has 1 aromatic carbocycles. The monoisotopic (exact) mass is 381 g/mol. The van der Waals surface area contributed by atoms with Gasteiger partial charge in [-0.15, -0.1) is 24.8 Å². The predicted octanol–water partition coefficient (Wildman–Crippen LogP) is 5.27. The van der Waals surface area contributed by atoms with E-state index in [0.717, 1.165) is 30.9 Å². The minimum Gasteiger partial charge on any atom is -0.147 e. The quantitative estimate of drug-likeness (QED) is 0.642. The molecule has 0 aliphatic carbocycles. The Hall–Kier alpha value is 0.483. The fourth-order valence-electron chi connectivity index (χ4n) is 2.00. The van der Waals surface area contributed by atoms with Crippen LogP contribution in [0.15, 0.2) is 12.1 Å². The third-order valence-electron chi connectivity index (χ3n) is 2.95. The van der Waals surface area contributed by atoms with Gasteiger partial charge in [0, 0.05) is 0 Å². The SMILES string of the molecule is Cc1cc(C(C)(C)C)c([O][Zr])c(C(C)(C)C)c1.Cl.Cl. The smallest absolute Gasteiger partial charge is 0.147 e. The summed E-state index contributed by atoms with van der Waals surface area (Å²) in [7, 11) is 0. The van der Waals surface area contributed by atoms with Gasteiger partial charge in [-0.25, -0.2) is 0 Å². The normalized spacial score (nSPS) is 11.3. The van der Waals surface area contributed by atoms with Gasteiger partial charge in [0.05, 0.1) is 0 Å². The maximum Gasteiger partial charge on any atom is -0.147 e. The maximum atomic E-state index is 5.77. The Morgan fingerprint density at radius 2 is 1.16 bits per heavy atom. The van der Waals surface area contributed by atoms with Crippen LogP contribution >= 0.6 is 24.8 Å². The molecule has 0 saturated heterocycles. The Bertz CT molecular complexity index is 382. The van der Waals surface area contributed by atoms with Gasteiger partial charge in [-0.2, -0.15) is 0 Å². The standard InChI is InChI=1S/C15H24O.2ClH.Zr/c1-10-8-11(14(2,3)4)13(16)12(9-10)15(5,6)7;;;/h8-9,16H,1-7H3;2*1H;/q;;;+1/p-1. The summed E-state index contributed by atoms with van der Waals surface area (Å²) < 4.78 is 5.77. The van der Waals surface area contributed by atoms with E-state index in [2.05, 4.69) is 60.6 Å². The van der Waals surface area contributed by atoms with Crippen molar-refractivity contribution in [2.45, 2.75) is 59.3 Å². The molecule has 0 radical (unpaired) electrons. The van der Waals surface area contributed by atoms with E-state index >= 15 is 0 Å². The molecule has 0 aromatic heterocycles. The Kier molecular flexibility index (Phi) is 8.57. The molecule has 0 saturated carbocycles. The zero-order valence-corrected chi connectivity index (χ0v) is 17.0. The van der Waals surface area contributed by atoms with Gasteiger partial charge in [-0.05, 0) is 0 Å². The minimum atomic E-state index is 0. The van der Waals surface area contributed by atoms with Crippen molar-refractivity contribution in [2.75, 3.05) is 0 Å². The molecule has 1 rings (SSSR count). The van der Waals surface area contributed by atoms with Crippen LogP contribution in [0.25, 0.3) is 0 Å². The van der Waals surface area contributed by atoms with E-state index in [1.54, 1.807) is 0 Å². The van der Waals surface area contributed by atoms with Gasteiger partial charge < -0.3 is 0 Å². The zero-order chi connectivity index (χ0) is 13.4. The molecule has 0 spiro atoms. The summed E-state index contributed by atoms with van der Waals surface area (Å²) in [5, 5.41) is 0. The van der Waals surface area contributed by atoms with Crippen molar-refractivity contribution in [1.82, 2.24) is 0 Å². The molecule has 0 aliphatic rings. The summed E-state index contributed by atoms with van der Waals surface area (Å²) in [6.07, 6.45) is 0. The van der Waals surface area contributed by atoms with E-state index in [1.807, 2.05) is 0 Å². The van der Waals surface area contributed by atoms with E-state index in [9.17, 15) is 0 Å². The van der Waals surface area contributed by atoms with E-state index in [0.29, 0.717) is 0 Å². The van der Waals surface area contributed by atoms with Crippen molar-refractivity contribution < 1.29 is 28.0 Å². The first-order chi connectivity index (χ1) is 7.57. The van der Waals surface area contributed by atoms with Crippen molar-refractivity contribution in [1.29, 1.82) is 0 Å². The Morgan fingerprint density at radius 3 is 1.37 bits per heavy atom. The third kappa shape index (κ3) is 5.40. The van der Waals surface area contributed by atoms with Gasteiger partial charge >= 0.3 is 122 Å². The van der Waals surface area contributed by atoms with Gasteiger partial charge in [0.15, 0.2) is 0 Å². The third-order valence-corrected chi connectivity index (χ3v) is 3.45. The molecule has 1 aromatic rings. The van der Waals surface area contributed by atoms with Crippen LogP contribution in [0.2, 0.25) is 0 Å². The van der Waals surface area contributed by atoms with Crippen LogP contribution in [-0.2, 0) is 36.0 Å². The molecule has 0 heterocycles. The first-order valence-corrected chi connectivity index (χ1v) is 7.07. The second kappa shape index (κ2) is 7.48. The number of hydrogen-bond acceptors (Lipinski definition) is 1. The minimum absolute atomic E-state index is 0. The maximum absolute atomic E-state index is 5.77. The predicted molar refractivity (Wildman–Crippen MR) is 83.7 cm³/mol. The molecule has 0 bridgehead atoms. The number of halogens is 2. The average Bonchev–Trinajstić information content (AvgIpc) is 2.13. The summed E-state index contributed by atoms with van der Waals surface area (Å²) in [5.41, 5.74) is 4.20. The molecule has 0 unspecified atom stereocenters. The van der Waals surface area contributed by atoms with Crippen molar-refractivity contribution in [3.63, 3.8) is 0 Å². The van der Waals surface area contributed by atoms with Crippen LogP contribution in [-0.4, -0.2) is 0 Å². The van der Waals surface area contributed by atoms with Gasteiger partial charge in [0.1, 0.15) is 0 Å². The van der Waals surface area contributed by atoms with Gasteiger partial charge in [0.25, 0.3) is 0 Å². The molecule has 0 amide bonds. The van der Waals surface area contributed by atoms with Crippen LogP contribution in [0.4, 0.5) is 0 Å². The van der Waals surface area contributed by atoms with E-state index in [-0.39, 0.29) is 35.6 Å². The zero-order valence-electron chi connectivity index (χ0n) is 12.9. The topological polar surface area (TPSA) is 9.23 Å². The number of hydrogen-bond donors (Lipinski definition) is 0. The number of rotatable bonds is 1. The van der Waals surface area contributed by atoms with Crippen molar-refractivity contribution in [3.8, 4) is 5.75 Å². The molecular formula is C15H25Cl2OZr. The largest absolute Gasteiger partial charge is 0.147 e. The van der Waals surface area contributed by atoms with Crippen LogP contribution in [0.1, 0.15) is 58.2 Å². The second-order valence-corrected chi connectivity index (χ2v) is 7.29. The second-order valence-electron chi connectivity index (χ2n) is 6.79. The molecule has 0 atom stereocenters. The van der Waals surface area contributed by atoms with Crippen molar-refractivity contribution in [3.05, 3.63) is 28.8 Å². The summed E-state index contributed by atoms with van der Waals surface area (Å²) in [6.45, 7) is 15.6. The molecular weight excluding hydrogens is 358 g/mol. The number of benzene rings is 1. The average molecular weight is 383 g/mol. The fraction of sp³-hybridized carbons (Fsp3) is 0.600. The Morgan fingerprint density at radius 1 is 0.842 bits per heavy atom. The summed E-state index contributed by atoms with van der Waals surface area (Å²) in [6, 6.07) is 4.52. The molecule has 0 fully saturated rings. The van der Waals surface area contributed by atoms with Crippen molar-refractivity contribution >= 4 is 24.8 Å². The van der Waals surface area contributed by atoms with E-state index < -0.39 is 0 Å². The molecule has 19 heavy (non-hydrogen) atoms. The van der Waals surface area contributed by atoms with Gasteiger partial charge in [-0.1, -0.05) is 0 Å². The van der Waals surface area contributed by atoms with E-state index in [1.165, 1.54) is 16.7 Å². The van der Waals surface area contributed by atoms with E-state index in [4.69, 9.17) is 2.81 Å². The Labute approximate surface area is 146 Å². The van der Waals surface area contributed by atoms with Crippen molar-refractivity contribution in [2.24, 2.45) is 0 Å². The Balaban J connectivity index is 0. The molecule has 1 nitrogen and oxygen atoms in total. The fourth-order valence-corrected chi connectivity index (χ4v) is 2.54. The first kappa shape index (κ1) is 21.8.